The number of β-lactam (4-membered cyclic amide) rings is 1. The number of aromatic hydroxyl groups is 1. The van der Waals surface area contributed by atoms with Gasteiger partial charge in [0, 0.05) is 11.5 Å². The van der Waals surface area contributed by atoms with E-state index >= 15 is 0 Å². The Morgan fingerprint density at radius 1 is 1.47 bits per heavy atom. The molecule has 0 aliphatic carbocycles. The Morgan fingerprint density at radius 3 is 2.91 bits per heavy atom. The Labute approximate surface area is 194 Å². The number of carboxylic acid groups (broad SMARTS) is 1. The van der Waals surface area contributed by atoms with Gasteiger partial charge in [0.25, 0.3) is 5.91 Å². The Balaban J connectivity index is 1.45. The minimum absolute atomic E-state index is 0.0479. The molecule has 2 aliphatic heterocycles. The second kappa shape index (κ2) is 9.02. The quantitative estimate of drug-likeness (QED) is 0.271. The first kappa shape index (κ1) is 22.5. The summed E-state index contributed by atoms with van der Waals surface area (Å²) in [5, 5.41) is 32.0. The first-order chi connectivity index (χ1) is 15.3. The van der Waals surface area contributed by atoms with Gasteiger partial charge in [-0.2, -0.15) is 10.3 Å². The first-order valence-electron chi connectivity index (χ1n) is 9.21. The molecule has 3 heterocycles. The number of thioether (sulfide) groups is 2. The standard InChI is InChI=1S/C18H17ClN6O5S2/c19-9-3-7(1-2-10(9)26)12(20)15(27)22-13-16(28)25-14(18(29)30)8(6-32-17(13)25)5-31-11-4-21-24-23-11/h1-4,12-13,17,26H,5-6,20H2,(H,22,27)(H,29,30)(H,21,23,24)/t12?,13?,17-/m0/s1. The second-order valence-corrected chi connectivity index (χ2v) is 9.45. The van der Waals surface area contributed by atoms with Crippen molar-refractivity contribution >= 4 is 52.9 Å². The normalized spacial score (nSPS) is 21.1. The molecule has 1 saturated heterocycles. The van der Waals surface area contributed by atoms with Gasteiger partial charge in [-0.05, 0) is 23.3 Å². The molecule has 1 fully saturated rings. The van der Waals surface area contributed by atoms with Crippen LogP contribution in [0.4, 0.5) is 0 Å². The van der Waals surface area contributed by atoms with Crippen molar-refractivity contribution in [2.75, 3.05) is 11.5 Å². The Bertz CT molecular complexity index is 1110. The number of phenols is 1. The molecule has 11 nitrogen and oxygen atoms in total. The van der Waals surface area contributed by atoms with Crippen LogP contribution in [0.2, 0.25) is 5.02 Å². The van der Waals surface area contributed by atoms with Crippen molar-refractivity contribution in [2.24, 2.45) is 5.73 Å². The van der Waals surface area contributed by atoms with Gasteiger partial charge < -0.3 is 21.3 Å². The summed E-state index contributed by atoms with van der Waals surface area (Å²) in [5.74, 6) is -1.77. The van der Waals surface area contributed by atoms with Gasteiger partial charge in [-0.25, -0.2) is 4.79 Å². The van der Waals surface area contributed by atoms with Gasteiger partial charge in [0.05, 0.1) is 11.2 Å². The molecule has 1 aromatic carbocycles. The highest BCUT2D eigenvalue weighted by molar-refractivity contribution is 8.01. The molecule has 2 aliphatic rings. The molecule has 0 saturated carbocycles. The number of phenolic OH excluding ortho intramolecular Hbond substituents is 1. The average molecular weight is 497 g/mol. The highest BCUT2D eigenvalue weighted by Crippen LogP contribution is 2.41. The third-order valence-electron chi connectivity index (χ3n) is 4.95. The molecule has 2 amide bonds. The molecular formula is C18H17ClN6O5S2. The van der Waals surface area contributed by atoms with E-state index in [2.05, 4.69) is 20.7 Å². The summed E-state index contributed by atoms with van der Waals surface area (Å²) in [6.45, 7) is 0. The molecule has 0 radical (unpaired) electrons. The maximum Gasteiger partial charge on any atom is 0.352 e. The topological polar surface area (TPSA) is 175 Å². The van der Waals surface area contributed by atoms with Gasteiger partial charge in [0.1, 0.15) is 33.9 Å². The fourth-order valence-corrected chi connectivity index (χ4v) is 5.78. The molecule has 6 N–H and O–H groups in total. The number of H-pyrrole nitrogens is 1. The van der Waals surface area contributed by atoms with Crippen LogP contribution in [0.15, 0.2) is 40.7 Å². The van der Waals surface area contributed by atoms with Gasteiger partial charge in [-0.15, -0.1) is 16.9 Å². The van der Waals surface area contributed by atoms with E-state index in [9.17, 15) is 24.6 Å². The van der Waals surface area contributed by atoms with Crippen LogP contribution in [-0.4, -0.2) is 71.2 Å². The minimum Gasteiger partial charge on any atom is -0.506 e. The Morgan fingerprint density at radius 2 is 2.25 bits per heavy atom. The van der Waals surface area contributed by atoms with E-state index < -0.39 is 35.2 Å². The molecule has 2 unspecified atom stereocenters. The first-order valence-corrected chi connectivity index (χ1v) is 11.6. The molecule has 2 aromatic rings. The summed E-state index contributed by atoms with van der Waals surface area (Å²) >= 11 is 8.53. The second-order valence-electron chi connectivity index (χ2n) is 6.94. The van der Waals surface area contributed by atoms with Crippen molar-refractivity contribution in [2.45, 2.75) is 22.5 Å². The number of rotatable bonds is 7. The van der Waals surface area contributed by atoms with Crippen LogP contribution in [-0.2, 0) is 14.4 Å². The predicted octanol–water partition coefficient (Wildman–Crippen LogP) is 0.694. The van der Waals surface area contributed by atoms with Crippen LogP contribution in [0.5, 0.6) is 5.75 Å². The van der Waals surface area contributed by atoms with Gasteiger partial charge in [0.15, 0.2) is 0 Å². The number of amides is 2. The molecule has 4 rings (SSSR count). The van der Waals surface area contributed by atoms with E-state index in [0.29, 0.717) is 27.7 Å². The van der Waals surface area contributed by atoms with Crippen molar-refractivity contribution in [1.82, 2.24) is 25.6 Å². The van der Waals surface area contributed by atoms with E-state index in [0.717, 1.165) is 0 Å². The average Bonchev–Trinajstić information content (AvgIpc) is 3.30. The highest BCUT2D eigenvalue weighted by atomic mass is 35.5. The van der Waals surface area contributed by atoms with Crippen molar-refractivity contribution in [3.8, 4) is 5.75 Å². The largest absolute Gasteiger partial charge is 0.506 e. The van der Waals surface area contributed by atoms with Crippen LogP contribution < -0.4 is 11.1 Å². The fraction of sp³-hybridized carbons (Fsp3) is 0.278. The van der Waals surface area contributed by atoms with Crippen LogP contribution in [0.25, 0.3) is 0 Å². The summed E-state index contributed by atoms with van der Waals surface area (Å²) in [6.07, 6.45) is 1.52. The number of nitrogens with two attached hydrogens (primary N) is 1. The maximum atomic E-state index is 12.8. The number of hydrogen-bond acceptors (Lipinski definition) is 9. The van der Waals surface area contributed by atoms with Crippen LogP contribution in [0, 0.1) is 0 Å². The number of carboxylic acids is 1. The Kier molecular flexibility index (Phi) is 6.33. The third kappa shape index (κ3) is 4.16. The number of hydrogen-bond donors (Lipinski definition) is 5. The number of nitrogens with one attached hydrogen (secondary N) is 2. The van der Waals surface area contributed by atoms with Crippen molar-refractivity contribution in [1.29, 1.82) is 0 Å². The lowest BCUT2D eigenvalue weighted by Crippen LogP contribution is -2.71. The molecule has 0 bridgehead atoms. The van der Waals surface area contributed by atoms with E-state index in [4.69, 9.17) is 17.3 Å². The van der Waals surface area contributed by atoms with Crippen molar-refractivity contribution in [3.63, 3.8) is 0 Å². The number of aromatic amines is 1. The number of benzene rings is 1. The molecule has 168 valence electrons. The molecule has 0 spiro atoms. The lowest BCUT2D eigenvalue weighted by Gasteiger charge is -2.49. The summed E-state index contributed by atoms with van der Waals surface area (Å²) < 4.78 is 0. The monoisotopic (exact) mass is 496 g/mol. The number of aliphatic carboxylic acids is 1. The maximum absolute atomic E-state index is 12.8. The van der Waals surface area contributed by atoms with Crippen molar-refractivity contribution in [3.05, 3.63) is 46.3 Å². The number of aromatic nitrogens is 3. The number of carbonyl (C=O) groups is 3. The van der Waals surface area contributed by atoms with Crippen molar-refractivity contribution < 1.29 is 24.6 Å². The van der Waals surface area contributed by atoms with E-state index in [-0.39, 0.29) is 16.5 Å². The number of fused-ring (bicyclic) bond motifs is 1. The van der Waals surface area contributed by atoms with Gasteiger partial charge in [0.2, 0.25) is 5.91 Å². The zero-order chi connectivity index (χ0) is 23.0. The lowest BCUT2D eigenvalue weighted by molar-refractivity contribution is -0.150. The van der Waals surface area contributed by atoms with Crippen LogP contribution in [0.3, 0.4) is 0 Å². The summed E-state index contributed by atoms with van der Waals surface area (Å²) in [6, 6.07) is 2.13. The van der Waals surface area contributed by atoms with E-state index in [1.807, 2.05) is 0 Å². The summed E-state index contributed by atoms with van der Waals surface area (Å²) in [7, 11) is 0. The smallest absolute Gasteiger partial charge is 0.352 e. The molecule has 1 aromatic heterocycles. The van der Waals surface area contributed by atoms with E-state index in [1.54, 1.807) is 0 Å². The van der Waals surface area contributed by atoms with Gasteiger partial charge in [-0.3, -0.25) is 14.5 Å². The lowest BCUT2D eigenvalue weighted by atomic mass is 10.0. The minimum atomic E-state index is -1.21. The molecule has 32 heavy (non-hydrogen) atoms. The van der Waals surface area contributed by atoms with E-state index in [1.165, 1.54) is 52.8 Å². The number of halogens is 1. The van der Waals surface area contributed by atoms with Gasteiger partial charge in [-0.1, -0.05) is 29.4 Å². The van der Waals surface area contributed by atoms with Crippen LogP contribution in [0.1, 0.15) is 11.6 Å². The Hall–Kier alpha value is -2.74. The molecular weight excluding hydrogens is 480 g/mol. The fourth-order valence-electron chi connectivity index (χ4n) is 3.33. The SMILES string of the molecule is NC(C(=O)NC1C(=O)N2C(C(=O)O)=C(CSc3cn[nH]n3)CS[C@@H]12)c1ccc(O)c(Cl)c1. The molecule has 14 heteroatoms. The highest BCUT2D eigenvalue weighted by Gasteiger charge is 2.54. The zero-order valence-corrected chi connectivity index (χ0v) is 18.6. The zero-order valence-electron chi connectivity index (χ0n) is 16.2. The predicted molar refractivity (Wildman–Crippen MR) is 117 cm³/mol. The van der Waals surface area contributed by atoms with Gasteiger partial charge >= 0.3 is 5.97 Å². The number of nitrogens with zero attached hydrogens (tertiary/aromatic N) is 3. The summed E-state index contributed by atoms with van der Waals surface area (Å²) in [4.78, 5) is 38.5. The number of carbonyl (C=O) groups excluding carboxylic acids is 2. The molecule has 3 atom stereocenters. The van der Waals surface area contributed by atoms with Crippen LogP contribution >= 0.6 is 35.1 Å². The third-order valence-corrected chi connectivity index (χ3v) is 7.58. The summed E-state index contributed by atoms with van der Waals surface area (Å²) in [5.41, 5.74) is 6.85.